The monoisotopic (exact) mass is 586 g/mol. The molecule has 0 spiro atoms. The van der Waals surface area contributed by atoms with Crippen molar-refractivity contribution in [2.45, 2.75) is 194 Å². The summed E-state index contributed by atoms with van der Waals surface area (Å²) >= 11 is 0. The Labute approximate surface area is 258 Å². The van der Waals surface area contributed by atoms with E-state index < -0.39 is 0 Å². The second-order valence-electron chi connectivity index (χ2n) is 11.9. The molecule has 1 unspecified atom stereocenters. The molecule has 0 aliphatic heterocycles. The molecule has 248 valence electrons. The van der Waals surface area contributed by atoms with Crippen LogP contribution < -0.4 is 5.32 Å². The van der Waals surface area contributed by atoms with Crippen LogP contribution >= 0.6 is 0 Å². The summed E-state index contributed by atoms with van der Waals surface area (Å²) in [6.45, 7) is 6.99. The van der Waals surface area contributed by atoms with E-state index >= 15 is 0 Å². The van der Waals surface area contributed by atoms with E-state index in [0.29, 0.717) is 26.4 Å². The van der Waals surface area contributed by atoms with Crippen LogP contribution in [0.15, 0.2) is 0 Å². The second kappa shape index (κ2) is 37.2. The number of rotatable bonds is 33. The highest BCUT2D eigenvalue weighted by molar-refractivity contribution is 5.67. The van der Waals surface area contributed by atoms with Crippen LogP contribution in [-0.2, 0) is 14.2 Å². The van der Waals surface area contributed by atoms with Gasteiger partial charge in [0.25, 0.3) is 0 Å². The summed E-state index contributed by atoms with van der Waals surface area (Å²) in [5, 5.41) is 2.92. The highest BCUT2D eigenvalue weighted by Gasteiger charge is 2.14. The Balaban J connectivity index is 0. The molecule has 0 aromatic carbocycles. The van der Waals surface area contributed by atoms with Gasteiger partial charge in [-0.05, 0) is 32.1 Å². The third-order valence-electron chi connectivity index (χ3n) is 7.95. The van der Waals surface area contributed by atoms with Crippen LogP contribution in [0.3, 0.4) is 0 Å². The van der Waals surface area contributed by atoms with Gasteiger partial charge in [-0.3, -0.25) is 0 Å². The molecule has 0 aliphatic carbocycles. The number of nitrogens with one attached hydrogen (secondary N) is 1. The fourth-order valence-corrected chi connectivity index (χ4v) is 5.31. The van der Waals surface area contributed by atoms with Crippen molar-refractivity contribution < 1.29 is 19.0 Å². The summed E-state index contributed by atoms with van der Waals surface area (Å²) in [4.78, 5) is 12.4. The first-order valence-corrected chi connectivity index (χ1v) is 17.8. The fourth-order valence-electron chi connectivity index (χ4n) is 5.31. The average Bonchev–Trinajstić information content (AvgIpc) is 2.95. The van der Waals surface area contributed by atoms with Crippen molar-refractivity contribution in [2.75, 3.05) is 33.5 Å². The number of unbranched alkanes of at least 4 members (excludes halogenated alkanes) is 21. The average molecular weight is 586 g/mol. The van der Waals surface area contributed by atoms with Crippen molar-refractivity contribution in [3.63, 3.8) is 0 Å². The van der Waals surface area contributed by atoms with E-state index in [4.69, 9.17) is 14.2 Å². The molecule has 0 aromatic heterocycles. The third-order valence-corrected chi connectivity index (χ3v) is 7.95. The van der Waals surface area contributed by atoms with Gasteiger partial charge in [0, 0.05) is 20.3 Å². The van der Waals surface area contributed by atoms with Crippen molar-refractivity contribution >= 4 is 6.09 Å². The molecule has 0 aromatic rings. The summed E-state index contributed by atoms with van der Waals surface area (Å²) in [5.41, 5.74) is 0. The number of hydrogen-bond acceptors (Lipinski definition) is 4. The van der Waals surface area contributed by atoms with E-state index in [0.717, 1.165) is 19.3 Å². The van der Waals surface area contributed by atoms with Gasteiger partial charge in [-0.1, -0.05) is 156 Å². The lowest BCUT2D eigenvalue weighted by Gasteiger charge is -2.18. The molecule has 0 radical (unpaired) electrons. The summed E-state index contributed by atoms with van der Waals surface area (Å²) in [7, 11) is 1.67. The van der Waals surface area contributed by atoms with Crippen LogP contribution in [0.5, 0.6) is 0 Å². The Kier molecular flexibility index (Phi) is 38.4. The number of carbonyl (C=O) groups is 1. The third kappa shape index (κ3) is 35.3. The summed E-state index contributed by atoms with van der Waals surface area (Å²) < 4.78 is 16.3. The molecule has 1 N–H and O–H groups in total. The second-order valence-corrected chi connectivity index (χ2v) is 11.9. The van der Waals surface area contributed by atoms with Crippen molar-refractivity contribution in [3.05, 3.63) is 0 Å². The van der Waals surface area contributed by atoms with Crippen molar-refractivity contribution in [1.82, 2.24) is 5.32 Å². The maximum atomic E-state index is 12.4. The molecule has 1 amide bonds. The predicted octanol–water partition coefficient (Wildman–Crippen LogP) is 11.6. The molecule has 0 rings (SSSR count). The Morgan fingerprint density at radius 3 is 1.32 bits per heavy atom. The zero-order chi connectivity index (χ0) is 29.2. The zero-order valence-corrected chi connectivity index (χ0v) is 27.4. The van der Waals surface area contributed by atoms with Gasteiger partial charge in [0.15, 0.2) is 0 Å². The lowest BCUT2D eigenvalue weighted by molar-refractivity contribution is 0.0670. The molecule has 0 heterocycles. The van der Waals surface area contributed by atoms with E-state index in [-0.39, 0.29) is 19.6 Å². The lowest BCUT2D eigenvalue weighted by Crippen LogP contribution is -2.30. The molecular weight excluding hydrogens is 510 g/mol. The first-order chi connectivity index (χ1) is 19.7. The summed E-state index contributed by atoms with van der Waals surface area (Å²) in [6.07, 6.45) is 33.7. The molecule has 5 nitrogen and oxygen atoms in total. The van der Waals surface area contributed by atoms with Gasteiger partial charge in [0.2, 0.25) is 0 Å². The lowest BCUT2D eigenvalue weighted by atomic mass is 10.0. The summed E-state index contributed by atoms with van der Waals surface area (Å²) in [6, 6.07) is 0. The molecule has 5 heteroatoms. The molecule has 0 bridgehead atoms. The van der Waals surface area contributed by atoms with E-state index in [1.54, 1.807) is 7.11 Å². The number of amides is 1. The molecule has 0 saturated carbocycles. The van der Waals surface area contributed by atoms with E-state index in [1.165, 1.54) is 148 Å². The minimum atomic E-state index is -0.260. The van der Waals surface area contributed by atoms with E-state index in [1.807, 2.05) is 0 Å². The van der Waals surface area contributed by atoms with Gasteiger partial charge in [-0.15, -0.1) is 0 Å². The van der Waals surface area contributed by atoms with Crippen LogP contribution in [0, 0.1) is 0 Å². The molecular formula is C36H75NO4. The van der Waals surface area contributed by atoms with Crippen LogP contribution in [0.1, 0.15) is 188 Å². The Bertz CT molecular complexity index is 488. The Morgan fingerprint density at radius 1 is 0.537 bits per heavy atom. The fraction of sp³-hybridized carbons (Fsp3) is 0.972. The van der Waals surface area contributed by atoms with Crippen LogP contribution in [-0.4, -0.2) is 45.7 Å². The molecule has 0 aliphatic rings. The van der Waals surface area contributed by atoms with Crippen LogP contribution in [0.4, 0.5) is 4.79 Å². The van der Waals surface area contributed by atoms with E-state index in [9.17, 15) is 4.79 Å². The standard InChI is InChI=1S/C35H71NO4.CH4/c1-4-6-8-10-12-14-16-18-20-22-24-26-29-34(40-35(37)36-30-27-31-39-33-32-38-3)28-25-23-21-19-17-15-13-11-9-7-5-2;/h34H,4-33H2,1-3H3,(H,36,37);1H4. The van der Waals surface area contributed by atoms with Crippen molar-refractivity contribution in [2.24, 2.45) is 0 Å². The molecule has 0 fully saturated rings. The maximum Gasteiger partial charge on any atom is 0.407 e. The quantitative estimate of drug-likeness (QED) is 0.0778. The van der Waals surface area contributed by atoms with Gasteiger partial charge in [0.05, 0.1) is 13.2 Å². The maximum absolute atomic E-state index is 12.4. The minimum Gasteiger partial charge on any atom is -0.446 e. The topological polar surface area (TPSA) is 56.8 Å². The predicted molar refractivity (Wildman–Crippen MR) is 179 cm³/mol. The largest absolute Gasteiger partial charge is 0.446 e. The highest BCUT2D eigenvalue weighted by Crippen LogP contribution is 2.18. The minimum absolute atomic E-state index is 0. The number of alkyl carbamates (subject to hydrolysis) is 1. The van der Waals surface area contributed by atoms with E-state index in [2.05, 4.69) is 19.2 Å². The first-order valence-electron chi connectivity index (χ1n) is 17.8. The number of hydrogen-bond donors (Lipinski definition) is 1. The number of carbonyl (C=O) groups excluding carboxylic acids is 1. The Hall–Kier alpha value is -0.810. The van der Waals surface area contributed by atoms with Crippen molar-refractivity contribution in [3.8, 4) is 0 Å². The number of ether oxygens (including phenoxy) is 3. The first kappa shape index (κ1) is 42.3. The highest BCUT2D eigenvalue weighted by atomic mass is 16.6. The molecule has 1 atom stereocenters. The summed E-state index contributed by atoms with van der Waals surface area (Å²) in [5.74, 6) is 0. The van der Waals surface area contributed by atoms with Crippen LogP contribution in [0.25, 0.3) is 0 Å². The van der Waals surface area contributed by atoms with Gasteiger partial charge in [0.1, 0.15) is 6.10 Å². The number of methoxy groups -OCH3 is 1. The smallest absolute Gasteiger partial charge is 0.407 e. The SMILES string of the molecule is C.CCCCCCCCCCCCCCC(CCCCCCCCCCCCC)OC(=O)NCCCOCCOC. The van der Waals surface area contributed by atoms with Gasteiger partial charge in [-0.25, -0.2) is 4.79 Å². The normalized spacial score (nSPS) is 11.8. The molecule has 0 saturated heterocycles. The van der Waals surface area contributed by atoms with Crippen LogP contribution in [0.2, 0.25) is 0 Å². The molecule has 41 heavy (non-hydrogen) atoms. The Morgan fingerprint density at radius 2 is 0.927 bits per heavy atom. The zero-order valence-electron chi connectivity index (χ0n) is 27.4. The van der Waals surface area contributed by atoms with Crippen molar-refractivity contribution in [1.29, 1.82) is 0 Å². The van der Waals surface area contributed by atoms with Gasteiger partial charge in [-0.2, -0.15) is 0 Å². The van der Waals surface area contributed by atoms with Gasteiger partial charge >= 0.3 is 6.09 Å². The van der Waals surface area contributed by atoms with Gasteiger partial charge < -0.3 is 19.5 Å².